The lowest BCUT2D eigenvalue weighted by molar-refractivity contribution is 0.109. The molecule has 2 heterocycles. The molecule has 1 aliphatic carbocycles. The van der Waals surface area contributed by atoms with Gasteiger partial charge in [-0.05, 0) is 61.7 Å². The van der Waals surface area contributed by atoms with Crippen LogP contribution in [0.2, 0.25) is 5.15 Å². The Labute approximate surface area is 157 Å². The molecule has 0 saturated heterocycles. The first-order valence-corrected chi connectivity index (χ1v) is 8.96. The number of rotatable bonds is 4. The predicted molar refractivity (Wildman–Crippen MR) is 100 cm³/mol. The maximum absolute atomic E-state index is 10.4. The van der Waals surface area contributed by atoms with Crippen LogP contribution in [0.1, 0.15) is 35.7 Å². The maximum atomic E-state index is 10.4. The second-order valence-electron chi connectivity index (χ2n) is 6.98. The number of pyridine rings is 1. The second-order valence-corrected chi connectivity index (χ2v) is 7.37. The van der Waals surface area contributed by atoms with Gasteiger partial charge in [0.1, 0.15) is 5.15 Å². The van der Waals surface area contributed by atoms with E-state index in [1.165, 1.54) is 0 Å². The lowest BCUT2D eigenvalue weighted by Gasteiger charge is -2.37. The van der Waals surface area contributed by atoms with Gasteiger partial charge in [0.2, 0.25) is 0 Å². The highest BCUT2D eigenvalue weighted by atomic mass is 35.5. The Morgan fingerprint density at radius 3 is 2.85 bits per heavy atom. The molecule has 2 aliphatic rings. The van der Waals surface area contributed by atoms with E-state index in [4.69, 9.17) is 11.6 Å². The molecular weight excluding hydrogens is 348 g/mol. The van der Waals surface area contributed by atoms with Crippen LogP contribution in [0, 0.1) is 18.3 Å². The summed E-state index contributed by atoms with van der Waals surface area (Å²) >= 11 is 6.17. The smallest absolute Gasteiger partial charge is 0.129 e. The first-order chi connectivity index (χ1) is 12.5. The summed E-state index contributed by atoms with van der Waals surface area (Å²) in [6.07, 6.45) is 5.70. The first kappa shape index (κ1) is 16.9. The summed E-state index contributed by atoms with van der Waals surface area (Å²) in [5.74, 6) is 0. The molecule has 1 fully saturated rings. The number of nitrogens with zero attached hydrogens (tertiary/aromatic N) is 4. The summed E-state index contributed by atoms with van der Waals surface area (Å²) in [6.45, 7) is 2.44. The summed E-state index contributed by atoms with van der Waals surface area (Å²) in [4.78, 5) is 4.25. The third-order valence-electron chi connectivity index (χ3n) is 4.79. The van der Waals surface area contributed by atoms with E-state index >= 15 is 0 Å². The Hall–Kier alpha value is -2.55. The van der Waals surface area contributed by atoms with Gasteiger partial charge in [-0.2, -0.15) is 5.26 Å². The van der Waals surface area contributed by atoms with E-state index in [2.05, 4.69) is 22.1 Å². The van der Waals surface area contributed by atoms with Crippen molar-refractivity contribution in [3.05, 3.63) is 70.6 Å². The average Bonchev–Trinajstić information content (AvgIpc) is 3.18. The molecule has 26 heavy (non-hydrogen) atoms. The zero-order valence-electron chi connectivity index (χ0n) is 14.4. The van der Waals surface area contributed by atoms with E-state index in [1.807, 2.05) is 48.5 Å². The molecule has 5 nitrogen and oxygen atoms in total. The molecule has 1 aromatic carbocycles. The monoisotopic (exact) mass is 366 g/mol. The molecule has 0 radical (unpaired) electrons. The van der Waals surface area contributed by atoms with E-state index in [-0.39, 0.29) is 6.04 Å². The number of hydrazine groups is 1. The molecule has 2 aromatic rings. The van der Waals surface area contributed by atoms with Crippen molar-refractivity contribution in [1.82, 2.24) is 9.99 Å². The first-order valence-electron chi connectivity index (χ1n) is 8.58. The standard InChI is InChI=1S/C20H19ClN4O/c1-14-9-16(11-19(21)23-14)18-5-8-24(13-20(26)6-7-20)25(18)17-4-2-3-15(10-17)12-22/h2-5,8-11,18,26H,6-7,13H2,1H3. The van der Waals surface area contributed by atoms with E-state index in [1.54, 1.807) is 6.07 Å². The minimum Gasteiger partial charge on any atom is -0.388 e. The quantitative estimate of drug-likeness (QED) is 0.835. The highest BCUT2D eigenvalue weighted by Gasteiger charge is 2.44. The molecule has 0 bridgehead atoms. The van der Waals surface area contributed by atoms with Gasteiger partial charge in [0.05, 0.1) is 35.5 Å². The number of aliphatic hydroxyl groups is 1. The molecule has 132 valence electrons. The SMILES string of the molecule is Cc1cc(C2C=CN(CC3(O)CC3)N2c2cccc(C#N)c2)cc(Cl)n1. The average molecular weight is 367 g/mol. The minimum absolute atomic E-state index is 0.0782. The van der Waals surface area contributed by atoms with Crippen molar-refractivity contribution in [2.45, 2.75) is 31.4 Å². The minimum atomic E-state index is -0.629. The van der Waals surface area contributed by atoms with Gasteiger partial charge in [-0.1, -0.05) is 17.7 Å². The van der Waals surface area contributed by atoms with Gasteiger partial charge in [-0.15, -0.1) is 0 Å². The molecule has 4 rings (SSSR count). The summed E-state index contributed by atoms with van der Waals surface area (Å²) in [7, 11) is 0. The van der Waals surface area contributed by atoms with Gasteiger partial charge in [0.25, 0.3) is 0 Å². The van der Waals surface area contributed by atoms with Crippen molar-refractivity contribution in [2.24, 2.45) is 0 Å². The number of hydrogen-bond acceptors (Lipinski definition) is 5. The van der Waals surface area contributed by atoms with E-state index in [9.17, 15) is 10.4 Å². The lowest BCUT2D eigenvalue weighted by Crippen LogP contribution is -2.42. The van der Waals surface area contributed by atoms with Crippen molar-refractivity contribution < 1.29 is 5.11 Å². The number of hydrogen-bond donors (Lipinski definition) is 1. The molecule has 0 amide bonds. The van der Waals surface area contributed by atoms with Crippen molar-refractivity contribution in [1.29, 1.82) is 5.26 Å². The molecule has 1 unspecified atom stereocenters. The Bertz CT molecular complexity index is 896. The van der Waals surface area contributed by atoms with E-state index in [0.717, 1.165) is 29.8 Å². The summed E-state index contributed by atoms with van der Waals surface area (Å²) in [5.41, 5.74) is 2.74. The summed E-state index contributed by atoms with van der Waals surface area (Å²) in [5, 5.41) is 24.3. The van der Waals surface area contributed by atoms with Crippen molar-refractivity contribution >= 4 is 17.3 Å². The normalized spacial score (nSPS) is 20.3. The van der Waals surface area contributed by atoms with Gasteiger partial charge in [-0.3, -0.25) is 10.0 Å². The van der Waals surface area contributed by atoms with Crippen LogP contribution in [0.15, 0.2) is 48.7 Å². The Morgan fingerprint density at radius 2 is 2.15 bits per heavy atom. The molecular formula is C20H19ClN4O. The molecule has 1 N–H and O–H groups in total. The number of anilines is 1. The fourth-order valence-corrected chi connectivity index (χ4v) is 3.59. The molecule has 6 heteroatoms. The molecule has 1 aromatic heterocycles. The van der Waals surface area contributed by atoms with E-state index < -0.39 is 5.60 Å². The highest BCUT2D eigenvalue weighted by molar-refractivity contribution is 6.29. The summed E-state index contributed by atoms with van der Waals surface area (Å²) < 4.78 is 0. The highest BCUT2D eigenvalue weighted by Crippen LogP contribution is 2.41. The zero-order valence-corrected chi connectivity index (χ0v) is 15.2. The largest absolute Gasteiger partial charge is 0.388 e. The number of aryl methyl sites for hydroxylation is 1. The van der Waals surface area contributed by atoms with Gasteiger partial charge in [0.15, 0.2) is 0 Å². The topological polar surface area (TPSA) is 63.4 Å². The fraction of sp³-hybridized carbons (Fsp3) is 0.300. The van der Waals surface area contributed by atoms with Crippen molar-refractivity contribution in [3.63, 3.8) is 0 Å². The second kappa shape index (κ2) is 6.31. The third kappa shape index (κ3) is 3.26. The van der Waals surface area contributed by atoms with Crippen LogP contribution in [-0.4, -0.2) is 27.2 Å². The van der Waals surface area contributed by atoms with Crippen LogP contribution in [0.25, 0.3) is 0 Å². The number of aromatic nitrogens is 1. The maximum Gasteiger partial charge on any atom is 0.129 e. The summed E-state index contributed by atoms with van der Waals surface area (Å²) in [6, 6.07) is 13.5. The Kier molecular flexibility index (Phi) is 4.10. The van der Waals surface area contributed by atoms with Gasteiger partial charge in [-0.25, -0.2) is 4.98 Å². The van der Waals surface area contributed by atoms with Crippen LogP contribution in [0.4, 0.5) is 5.69 Å². The lowest BCUT2D eigenvalue weighted by atomic mass is 10.1. The fourth-order valence-electron chi connectivity index (χ4n) is 3.33. The molecule has 1 aliphatic heterocycles. The van der Waals surface area contributed by atoms with Crippen molar-refractivity contribution in [2.75, 3.05) is 11.6 Å². The third-order valence-corrected chi connectivity index (χ3v) is 4.98. The van der Waals surface area contributed by atoms with Crippen LogP contribution >= 0.6 is 11.6 Å². The molecule has 1 saturated carbocycles. The van der Waals surface area contributed by atoms with Gasteiger partial charge < -0.3 is 5.11 Å². The van der Waals surface area contributed by atoms with Gasteiger partial charge >= 0.3 is 0 Å². The van der Waals surface area contributed by atoms with Gasteiger partial charge in [0, 0.05) is 11.9 Å². The Morgan fingerprint density at radius 1 is 1.35 bits per heavy atom. The number of benzene rings is 1. The van der Waals surface area contributed by atoms with Crippen LogP contribution in [0.3, 0.4) is 0 Å². The molecule has 0 spiro atoms. The van der Waals surface area contributed by atoms with Crippen LogP contribution in [-0.2, 0) is 0 Å². The molecule has 1 atom stereocenters. The van der Waals surface area contributed by atoms with Crippen LogP contribution in [0.5, 0.6) is 0 Å². The number of nitriles is 1. The number of halogens is 1. The van der Waals surface area contributed by atoms with Crippen molar-refractivity contribution in [3.8, 4) is 6.07 Å². The zero-order chi connectivity index (χ0) is 18.3. The number of β-amino-alcohol motifs (C(OH)–C–C–N with tert-alkyl or cyclic N) is 1. The predicted octanol–water partition coefficient (Wildman–Crippen LogP) is 3.73. The Balaban J connectivity index is 1.74. The van der Waals surface area contributed by atoms with Crippen LogP contribution < -0.4 is 5.01 Å². The van der Waals surface area contributed by atoms with E-state index in [0.29, 0.717) is 17.3 Å².